The van der Waals surface area contributed by atoms with Crippen molar-refractivity contribution in [3.63, 3.8) is 0 Å². The van der Waals surface area contributed by atoms with Crippen molar-refractivity contribution in [2.75, 3.05) is 13.2 Å². The monoisotopic (exact) mass is 406 g/mol. The maximum absolute atomic E-state index is 12.5. The second-order valence-corrected chi connectivity index (χ2v) is 6.36. The van der Waals surface area contributed by atoms with Crippen molar-refractivity contribution in [3.05, 3.63) is 23.3 Å². The number of esters is 2. The fraction of sp³-hybridized carbons (Fsp3) is 0.263. The van der Waals surface area contributed by atoms with Gasteiger partial charge in [0.1, 0.15) is 0 Å². The summed E-state index contributed by atoms with van der Waals surface area (Å²) in [6.07, 6.45) is 1.47. The van der Waals surface area contributed by atoms with Crippen LogP contribution in [0.2, 0.25) is 0 Å². The van der Waals surface area contributed by atoms with Gasteiger partial charge in [0.15, 0.2) is 23.0 Å². The van der Waals surface area contributed by atoms with Crippen LogP contribution in [0.25, 0.3) is 11.1 Å². The van der Waals surface area contributed by atoms with Crippen molar-refractivity contribution in [2.24, 2.45) is 0 Å². The molecule has 1 heterocycles. The maximum Gasteiger partial charge on any atom is 0.339 e. The number of cyclic esters (lactones) is 2. The number of fused-ring (bicyclic) bond motifs is 3. The molecule has 154 valence electrons. The van der Waals surface area contributed by atoms with Gasteiger partial charge < -0.3 is 40.1 Å². The Kier molecular flexibility index (Phi) is 5.26. The highest BCUT2D eigenvalue weighted by Crippen LogP contribution is 2.52. The van der Waals surface area contributed by atoms with Crippen LogP contribution in [0.5, 0.6) is 34.5 Å². The first kappa shape index (κ1) is 19.9. The van der Waals surface area contributed by atoms with E-state index in [9.17, 15) is 40.2 Å². The molecule has 10 nitrogen and oxygen atoms in total. The first-order valence-corrected chi connectivity index (χ1v) is 8.64. The van der Waals surface area contributed by atoms with Crippen molar-refractivity contribution in [1.29, 1.82) is 0 Å². The average molecular weight is 406 g/mol. The van der Waals surface area contributed by atoms with Gasteiger partial charge in [-0.2, -0.15) is 0 Å². The van der Waals surface area contributed by atoms with Gasteiger partial charge in [-0.25, -0.2) is 9.59 Å². The summed E-state index contributed by atoms with van der Waals surface area (Å²) in [5, 5.41) is 60.3. The first-order chi connectivity index (χ1) is 13.7. The van der Waals surface area contributed by atoms with E-state index in [0.717, 1.165) is 12.1 Å². The van der Waals surface area contributed by atoms with Crippen molar-refractivity contribution < 1.29 is 49.7 Å². The third-order valence-electron chi connectivity index (χ3n) is 4.45. The molecule has 6 N–H and O–H groups in total. The predicted molar refractivity (Wildman–Crippen MR) is 96.3 cm³/mol. The number of benzene rings is 2. The molecular weight excluding hydrogens is 388 g/mol. The summed E-state index contributed by atoms with van der Waals surface area (Å²) in [6.45, 7) is -0.0113. The lowest BCUT2D eigenvalue weighted by Gasteiger charge is -2.18. The topological polar surface area (TPSA) is 174 Å². The van der Waals surface area contributed by atoms with Crippen LogP contribution < -0.4 is 0 Å². The van der Waals surface area contributed by atoms with Gasteiger partial charge in [0.05, 0.1) is 24.3 Å². The Balaban J connectivity index is 2.40. The van der Waals surface area contributed by atoms with E-state index >= 15 is 0 Å². The molecule has 0 saturated carbocycles. The Morgan fingerprint density at radius 2 is 0.966 bits per heavy atom. The summed E-state index contributed by atoms with van der Waals surface area (Å²) >= 11 is 0. The van der Waals surface area contributed by atoms with Crippen LogP contribution in [0.15, 0.2) is 12.1 Å². The number of hydrogen-bond donors (Lipinski definition) is 6. The van der Waals surface area contributed by atoms with E-state index in [0.29, 0.717) is 19.3 Å². The second-order valence-electron chi connectivity index (χ2n) is 6.36. The summed E-state index contributed by atoms with van der Waals surface area (Å²) < 4.78 is 10.2. The Bertz CT molecular complexity index is 916. The lowest BCUT2D eigenvalue weighted by atomic mass is 9.92. The van der Waals surface area contributed by atoms with Crippen LogP contribution in [-0.2, 0) is 9.47 Å². The van der Waals surface area contributed by atoms with E-state index in [1.165, 1.54) is 0 Å². The van der Waals surface area contributed by atoms with E-state index in [-0.39, 0.29) is 13.2 Å². The quantitative estimate of drug-likeness (QED) is 0.281. The Labute approximate surface area is 163 Å². The van der Waals surface area contributed by atoms with E-state index in [1.807, 2.05) is 0 Å². The molecule has 2 aromatic carbocycles. The minimum Gasteiger partial charge on any atom is -0.504 e. The van der Waals surface area contributed by atoms with Gasteiger partial charge >= 0.3 is 11.9 Å². The number of phenolic OH excluding ortho intramolecular Hbond substituents is 6. The predicted octanol–water partition coefficient (Wildman–Crippen LogP) is 2.08. The Hall–Kier alpha value is -3.82. The summed E-state index contributed by atoms with van der Waals surface area (Å²) in [4.78, 5) is 25.1. The number of ether oxygens (including phenoxy) is 2. The molecule has 3 rings (SSSR count). The van der Waals surface area contributed by atoms with Gasteiger partial charge in [-0.1, -0.05) is 0 Å². The zero-order valence-electron chi connectivity index (χ0n) is 15.0. The van der Waals surface area contributed by atoms with E-state index in [2.05, 4.69) is 0 Å². The molecule has 0 radical (unpaired) electrons. The molecule has 0 atom stereocenters. The Morgan fingerprint density at radius 1 is 0.586 bits per heavy atom. The molecule has 1 aliphatic rings. The zero-order valence-corrected chi connectivity index (χ0v) is 15.0. The molecule has 0 unspecified atom stereocenters. The second kappa shape index (κ2) is 7.66. The summed E-state index contributed by atoms with van der Waals surface area (Å²) in [5.41, 5.74) is -2.17. The largest absolute Gasteiger partial charge is 0.504 e. The summed E-state index contributed by atoms with van der Waals surface area (Å²) in [5.74, 6) is -7.92. The fourth-order valence-corrected chi connectivity index (χ4v) is 2.98. The summed E-state index contributed by atoms with van der Waals surface area (Å²) in [7, 11) is 0. The van der Waals surface area contributed by atoms with E-state index in [4.69, 9.17) is 9.47 Å². The molecule has 0 saturated heterocycles. The maximum atomic E-state index is 12.5. The van der Waals surface area contributed by atoms with Crippen molar-refractivity contribution in [1.82, 2.24) is 0 Å². The molecule has 0 bridgehead atoms. The van der Waals surface area contributed by atoms with Crippen LogP contribution in [0.3, 0.4) is 0 Å². The summed E-state index contributed by atoms with van der Waals surface area (Å²) in [6, 6.07) is 1.57. The van der Waals surface area contributed by atoms with E-state index in [1.54, 1.807) is 0 Å². The molecule has 0 amide bonds. The first-order valence-electron chi connectivity index (χ1n) is 8.64. The molecular formula is C19H18O10. The third-order valence-corrected chi connectivity index (χ3v) is 4.45. The van der Waals surface area contributed by atoms with Crippen molar-refractivity contribution in [3.8, 4) is 45.6 Å². The molecule has 0 aliphatic carbocycles. The molecule has 0 spiro atoms. The standard InChI is InChI=1S/C19H18O10/c20-10-6-8-12(16(24)14(10)22)13-9(7-11(21)15(23)17(13)25)19(27)29-5-3-1-2-4-28-18(8)26/h6-7,20-25H,1-5H2. The van der Waals surface area contributed by atoms with Crippen LogP contribution >= 0.6 is 0 Å². The molecule has 1 aliphatic heterocycles. The van der Waals surface area contributed by atoms with Crippen LogP contribution in [-0.4, -0.2) is 55.8 Å². The van der Waals surface area contributed by atoms with Gasteiger partial charge in [0.25, 0.3) is 0 Å². The number of phenols is 6. The molecule has 2 aromatic rings. The van der Waals surface area contributed by atoms with E-state index < -0.39 is 68.7 Å². The number of hydrogen-bond acceptors (Lipinski definition) is 10. The third kappa shape index (κ3) is 3.51. The van der Waals surface area contributed by atoms with Gasteiger partial charge in [-0.05, 0) is 31.4 Å². The molecule has 29 heavy (non-hydrogen) atoms. The Morgan fingerprint density at radius 3 is 1.34 bits per heavy atom. The number of rotatable bonds is 0. The number of carbonyl (C=O) groups excluding carboxylic acids is 2. The van der Waals surface area contributed by atoms with Crippen molar-refractivity contribution >= 4 is 11.9 Å². The normalized spacial score (nSPS) is 15.0. The number of carbonyl (C=O) groups is 2. The highest BCUT2D eigenvalue weighted by molar-refractivity contribution is 6.08. The van der Waals surface area contributed by atoms with Crippen LogP contribution in [0.4, 0.5) is 0 Å². The number of aromatic hydroxyl groups is 6. The smallest absolute Gasteiger partial charge is 0.339 e. The molecule has 0 fully saturated rings. The highest BCUT2D eigenvalue weighted by Gasteiger charge is 2.32. The van der Waals surface area contributed by atoms with Gasteiger partial charge in [-0.3, -0.25) is 0 Å². The van der Waals surface area contributed by atoms with Crippen LogP contribution in [0.1, 0.15) is 40.0 Å². The average Bonchev–Trinajstić information content (AvgIpc) is 2.69. The highest BCUT2D eigenvalue weighted by atomic mass is 16.5. The lowest BCUT2D eigenvalue weighted by molar-refractivity contribution is 0.0481. The molecule has 0 aromatic heterocycles. The van der Waals surface area contributed by atoms with Gasteiger partial charge in [0.2, 0.25) is 11.5 Å². The molecule has 10 heteroatoms. The minimum absolute atomic E-state index is 0.00567. The minimum atomic E-state index is -1.05. The lowest BCUT2D eigenvalue weighted by Crippen LogP contribution is -2.10. The fourth-order valence-electron chi connectivity index (χ4n) is 2.98. The van der Waals surface area contributed by atoms with Gasteiger partial charge in [0, 0.05) is 11.1 Å². The zero-order chi connectivity index (χ0) is 21.3. The van der Waals surface area contributed by atoms with Crippen molar-refractivity contribution in [2.45, 2.75) is 19.3 Å². The van der Waals surface area contributed by atoms with Gasteiger partial charge in [-0.15, -0.1) is 0 Å². The van der Waals surface area contributed by atoms with Crippen LogP contribution in [0, 0.1) is 0 Å². The SMILES string of the molecule is O=C1OCCCCCOC(=O)c2cc(O)c(O)c(O)c2-c2c1cc(O)c(O)c2O.